The zero-order valence-corrected chi connectivity index (χ0v) is 20.4. The second kappa shape index (κ2) is 7.17. The van der Waals surface area contributed by atoms with Gasteiger partial charge in [0.1, 0.15) is 18.6 Å². The van der Waals surface area contributed by atoms with Crippen molar-refractivity contribution in [3.63, 3.8) is 0 Å². The highest BCUT2D eigenvalue weighted by Crippen LogP contribution is 2.47. The number of fused-ring (bicyclic) bond motifs is 6. The van der Waals surface area contributed by atoms with Crippen LogP contribution in [0.1, 0.15) is 5.56 Å². The third-order valence-electron chi connectivity index (χ3n) is 7.82. The molecule has 0 saturated heterocycles. The lowest BCUT2D eigenvalue weighted by Crippen LogP contribution is -2.33. The van der Waals surface area contributed by atoms with Crippen LogP contribution in [0, 0.1) is 12.7 Å². The fourth-order valence-corrected chi connectivity index (χ4v) is 6.22. The van der Waals surface area contributed by atoms with Gasteiger partial charge in [-0.2, -0.15) is 4.57 Å². The van der Waals surface area contributed by atoms with Crippen LogP contribution >= 0.6 is 0 Å². The van der Waals surface area contributed by atoms with Crippen molar-refractivity contribution in [3.8, 4) is 28.4 Å². The van der Waals surface area contributed by atoms with Gasteiger partial charge in [-0.15, -0.1) is 0 Å². The van der Waals surface area contributed by atoms with Crippen molar-refractivity contribution in [1.29, 1.82) is 0 Å². The number of nitrogens with zero attached hydrogens (tertiary/aromatic N) is 2. The number of hydrogen-bond acceptors (Lipinski definition) is 1. The predicted octanol–water partition coefficient (Wildman–Crippen LogP) is 8.13. The summed E-state index contributed by atoms with van der Waals surface area (Å²) in [5, 5.41) is 5.24. The first-order chi connectivity index (χ1) is 18.1. The smallest absolute Gasteiger partial charge is 0.256 e. The Labute approximate surface area is 212 Å². The van der Waals surface area contributed by atoms with Gasteiger partial charge in [-0.05, 0) is 42.1 Å². The van der Waals surface area contributed by atoms with Crippen molar-refractivity contribution in [2.45, 2.75) is 6.92 Å². The van der Waals surface area contributed by atoms with Crippen LogP contribution in [0.25, 0.3) is 60.4 Å². The van der Waals surface area contributed by atoms with Crippen LogP contribution in [0.5, 0.6) is 11.5 Å². The summed E-state index contributed by atoms with van der Waals surface area (Å²) in [5.41, 5.74) is 7.00. The van der Waals surface area contributed by atoms with E-state index in [1.807, 2.05) is 30.3 Å². The first-order valence-corrected chi connectivity index (χ1v) is 12.5. The van der Waals surface area contributed by atoms with Gasteiger partial charge in [0.05, 0.1) is 27.7 Å². The normalized spacial score (nSPS) is 12.4. The molecule has 5 aromatic carbocycles. The van der Waals surface area contributed by atoms with Gasteiger partial charge >= 0.3 is 0 Å². The van der Waals surface area contributed by atoms with Gasteiger partial charge in [0.2, 0.25) is 5.52 Å². The minimum absolute atomic E-state index is 0.236. The molecule has 3 nitrogen and oxygen atoms in total. The molecule has 0 N–H and O–H groups in total. The second-order valence-corrected chi connectivity index (χ2v) is 9.83. The van der Waals surface area contributed by atoms with Gasteiger partial charge in [0, 0.05) is 28.3 Å². The molecule has 4 heteroatoms. The number of hydrogen-bond donors (Lipinski definition) is 0. The number of halogens is 1. The standard InChI is InChI=1S/C33H22FN2O/c1-19-16-17-20-8-5-15-28-31(20)30(19)33-29(37-28)18-23-25(35(33)2)13-7-14-27(23)36-26-12-4-3-9-21(26)22-10-6-11-24(34)32(22)36/h3-18H,1-2H3/q+1. The van der Waals surface area contributed by atoms with Gasteiger partial charge < -0.3 is 9.30 Å². The number of para-hydroxylation sites is 2. The summed E-state index contributed by atoms with van der Waals surface area (Å²) in [7, 11) is 2.09. The van der Waals surface area contributed by atoms with E-state index < -0.39 is 0 Å². The molecule has 0 radical (unpaired) electrons. The fraction of sp³-hybridized carbons (Fsp3) is 0.0606. The molecule has 0 fully saturated rings. The maximum Gasteiger partial charge on any atom is 0.256 e. The van der Waals surface area contributed by atoms with Crippen LogP contribution in [-0.2, 0) is 7.05 Å². The highest BCUT2D eigenvalue weighted by Gasteiger charge is 2.31. The molecule has 1 aliphatic rings. The van der Waals surface area contributed by atoms with Crippen molar-refractivity contribution in [2.75, 3.05) is 0 Å². The average molecular weight is 482 g/mol. The summed E-state index contributed by atoms with van der Waals surface area (Å²) in [6.07, 6.45) is 0. The molecular weight excluding hydrogens is 459 g/mol. The molecule has 0 aliphatic carbocycles. The molecule has 37 heavy (non-hydrogen) atoms. The number of pyridine rings is 1. The number of aryl methyl sites for hydroxylation is 2. The number of rotatable bonds is 1. The van der Waals surface area contributed by atoms with E-state index in [9.17, 15) is 0 Å². The Morgan fingerprint density at radius 3 is 2.49 bits per heavy atom. The molecule has 176 valence electrons. The zero-order valence-electron chi connectivity index (χ0n) is 20.4. The highest BCUT2D eigenvalue weighted by atomic mass is 19.1. The topological polar surface area (TPSA) is 18.0 Å². The molecule has 7 aromatic rings. The molecule has 0 unspecified atom stereocenters. The Morgan fingerprint density at radius 1 is 0.757 bits per heavy atom. The zero-order chi connectivity index (χ0) is 24.8. The summed E-state index contributed by atoms with van der Waals surface area (Å²) in [6.45, 7) is 2.15. The predicted molar refractivity (Wildman–Crippen MR) is 147 cm³/mol. The van der Waals surface area contributed by atoms with Crippen molar-refractivity contribution in [1.82, 2.24) is 4.57 Å². The molecule has 0 saturated carbocycles. The van der Waals surface area contributed by atoms with Crippen LogP contribution in [0.4, 0.5) is 4.39 Å². The molecule has 3 heterocycles. The molecule has 0 bridgehead atoms. The third-order valence-corrected chi connectivity index (χ3v) is 7.82. The number of benzene rings is 5. The van der Waals surface area contributed by atoms with E-state index in [2.05, 4.69) is 77.7 Å². The van der Waals surface area contributed by atoms with Gasteiger partial charge in [0.15, 0.2) is 5.75 Å². The van der Waals surface area contributed by atoms with E-state index in [0.717, 1.165) is 55.5 Å². The SMILES string of the molecule is Cc1ccc2cccc3c2c1-c1c(cc2c(-n4c5ccccc5c5cccc(F)c54)cccc2[n+]1C)O3. The Morgan fingerprint density at radius 2 is 1.57 bits per heavy atom. The quantitative estimate of drug-likeness (QED) is 0.216. The lowest BCUT2D eigenvalue weighted by molar-refractivity contribution is -0.633. The van der Waals surface area contributed by atoms with Crippen LogP contribution in [0.15, 0.2) is 97.1 Å². The molecule has 0 amide bonds. The van der Waals surface area contributed by atoms with Crippen LogP contribution in [0.3, 0.4) is 0 Å². The van der Waals surface area contributed by atoms with Gasteiger partial charge in [-0.3, -0.25) is 0 Å². The van der Waals surface area contributed by atoms with Crippen molar-refractivity contribution in [3.05, 3.63) is 108 Å². The van der Waals surface area contributed by atoms with E-state index in [0.29, 0.717) is 5.52 Å². The summed E-state index contributed by atoms with van der Waals surface area (Å²) in [4.78, 5) is 0. The minimum atomic E-state index is -0.236. The first kappa shape index (κ1) is 20.5. The van der Waals surface area contributed by atoms with Crippen LogP contribution in [0.2, 0.25) is 0 Å². The van der Waals surface area contributed by atoms with Gasteiger partial charge in [-0.25, -0.2) is 4.39 Å². The Hall–Kier alpha value is -4.70. The monoisotopic (exact) mass is 481 g/mol. The summed E-state index contributed by atoms with van der Waals surface area (Å²) in [6, 6.07) is 32.3. The Kier molecular flexibility index (Phi) is 3.97. The van der Waals surface area contributed by atoms with Crippen LogP contribution in [-0.4, -0.2) is 4.57 Å². The van der Waals surface area contributed by atoms with Crippen LogP contribution < -0.4 is 9.30 Å². The summed E-state index contributed by atoms with van der Waals surface area (Å²) in [5.74, 6) is 1.43. The lowest BCUT2D eigenvalue weighted by Gasteiger charge is -2.22. The summed E-state index contributed by atoms with van der Waals surface area (Å²) < 4.78 is 26.2. The van der Waals surface area contributed by atoms with Gasteiger partial charge in [0.25, 0.3) is 5.69 Å². The Balaban J connectivity index is 1.52. The average Bonchev–Trinajstić information content (AvgIpc) is 3.26. The van der Waals surface area contributed by atoms with Crippen molar-refractivity contribution >= 4 is 43.5 Å². The van der Waals surface area contributed by atoms with E-state index >= 15 is 4.39 Å². The molecular formula is C33H22FN2O+. The van der Waals surface area contributed by atoms with E-state index in [1.165, 1.54) is 22.6 Å². The fourth-order valence-electron chi connectivity index (χ4n) is 6.22. The van der Waals surface area contributed by atoms with Gasteiger partial charge in [-0.1, -0.05) is 60.7 Å². The Bertz CT molecular complexity index is 2100. The molecule has 8 rings (SSSR count). The maximum absolute atomic E-state index is 15.4. The highest BCUT2D eigenvalue weighted by molar-refractivity contribution is 6.11. The maximum atomic E-state index is 15.4. The first-order valence-electron chi connectivity index (χ1n) is 12.5. The van der Waals surface area contributed by atoms with E-state index in [4.69, 9.17) is 4.74 Å². The number of ether oxygens (including phenoxy) is 1. The second-order valence-electron chi connectivity index (χ2n) is 9.83. The third kappa shape index (κ3) is 2.62. The molecule has 2 aromatic heterocycles. The van der Waals surface area contributed by atoms with E-state index in [1.54, 1.807) is 6.07 Å². The van der Waals surface area contributed by atoms with E-state index in [-0.39, 0.29) is 5.82 Å². The van der Waals surface area contributed by atoms with Crippen molar-refractivity contribution in [2.24, 2.45) is 7.05 Å². The molecule has 0 spiro atoms. The lowest BCUT2D eigenvalue weighted by atomic mass is 9.93. The van der Waals surface area contributed by atoms with Crippen molar-refractivity contribution < 1.29 is 13.7 Å². The minimum Gasteiger partial charge on any atom is -0.450 e. The summed E-state index contributed by atoms with van der Waals surface area (Å²) >= 11 is 0. The largest absolute Gasteiger partial charge is 0.450 e. The molecule has 1 aliphatic heterocycles. The number of aromatic nitrogens is 2. The molecule has 0 atom stereocenters.